The van der Waals surface area contributed by atoms with Gasteiger partial charge in [0.1, 0.15) is 5.76 Å². The van der Waals surface area contributed by atoms with Gasteiger partial charge in [-0.25, -0.2) is 4.79 Å². The van der Waals surface area contributed by atoms with Gasteiger partial charge in [-0.1, -0.05) is 6.92 Å². The molecule has 0 aliphatic heterocycles. The Hall–Kier alpha value is -2.30. The van der Waals surface area contributed by atoms with Crippen LogP contribution in [0.2, 0.25) is 0 Å². The van der Waals surface area contributed by atoms with Gasteiger partial charge < -0.3 is 14.6 Å². The zero-order valence-electron chi connectivity index (χ0n) is 12.5. The summed E-state index contributed by atoms with van der Waals surface area (Å²) in [7, 11) is 0. The molecule has 5 heteroatoms. The SMILES string of the molecule is CC[C@H](c1ccncc1)N(CC)C(=O)NCc1ccco1. The Morgan fingerprint density at radius 1 is 1.33 bits per heavy atom. The predicted octanol–water partition coefficient (Wildman–Crippen LogP) is 3.36. The Labute approximate surface area is 125 Å². The molecule has 21 heavy (non-hydrogen) atoms. The van der Waals surface area contributed by atoms with Gasteiger partial charge in [-0.3, -0.25) is 4.98 Å². The van der Waals surface area contributed by atoms with Crippen molar-refractivity contribution in [3.05, 3.63) is 54.2 Å². The molecule has 0 saturated carbocycles. The lowest BCUT2D eigenvalue weighted by atomic mass is 10.0. The summed E-state index contributed by atoms with van der Waals surface area (Å²) < 4.78 is 5.23. The fourth-order valence-corrected chi connectivity index (χ4v) is 2.40. The number of nitrogens with zero attached hydrogens (tertiary/aromatic N) is 2. The van der Waals surface area contributed by atoms with Crippen LogP contribution >= 0.6 is 0 Å². The Kier molecular flexibility index (Phi) is 5.37. The number of nitrogens with one attached hydrogen (secondary N) is 1. The molecule has 2 rings (SSSR count). The minimum atomic E-state index is -0.0856. The van der Waals surface area contributed by atoms with Crippen molar-refractivity contribution in [2.45, 2.75) is 32.9 Å². The molecule has 0 aromatic carbocycles. The van der Waals surface area contributed by atoms with Gasteiger partial charge in [0, 0.05) is 18.9 Å². The number of carbonyl (C=O) groups excluding carboxylic acids is 1. The molecule has 1 N–H and O–H groups in total. The summed E-state index contributed by atoms with van der Waals surface area (Å²) in [4.78, 5) is 18.3. The zero-order chi connectivity index (χ0) is 15.1. The van der Waals surface area contributed by atoms with Gasteiger partial charge in [0.15, 0.2) is 0 Å². The second-order valence-electron chi connectivity index (χ2n) is 4.73. The van der Waals surface area contributed by atoms with Crippen LogP contribution in [-0.4, -0.2) is 22.5 Å². The van der Waals surface area contributed by atoms with Gasteiger partial charge in [0.2, 0.25) is 0 Å². The zero-order valence-corrected chi connectivity index (χ0v) is 12.5. The molecule has 0 saturated heterocycles. The highest BCUT2D eigenvalue weighted by atomic mass is 16.3. The number of hydrogen-bond donors (Lipinski definition) is 1. The van der Waals surface area contributed by atoms with E-state index in [1.807, 2.05) is 36.1 Å². The highest BCUT2D eigenvalue weighted by molar-refractivity contribution is 5.74. The Morgan fingerprint density at radius 3 is 2.67 bits per heavy atom. The van der Waals surface area contributed by atoms with E-state index >= 15 is 0 Å². The number of furan rings is 1. The molecule has 0 aliphatic carbocycles. The maximum atomic E-state index is 12.4. The number of amides is 2. The van der Waals surface area contributed by atoms with Gasteiger partial charge in [-0.2, -0.15) is 0 Å². The second-order valence-corrected chi connectivity index (χ2v) is 4.73. The van der Waals surface area contributed by atoms with E-state index in [0.29, 0.717) is 13.1 Å². The highest BCUT2D eigenvalue weighted by Gasteiger charge is 2.22. The van der Waals surface area contributed by atoms with E-state index < -0.39 is 0 Å². The van der Waals surface area contributed by atoms with Crippen LogP contribution in [0.4, 0.5) is 4.79 Å². The monoisotopic (exact) mass is 287 g/mol. The maximum absolute atomic E-state index is 12.4. The van der Waals surface area contributed by atoms with Crippen molar-refractivity contribution in [1.82, 2.24) is 15.2 Å². The Morgan fingerprint density at radius 2 is 2.10 bits per heavy atom. The average Bonchev–Trinajstić information content (AvgIpc) is 3.04. The topological polar surface area (TPSA) is 58.4 Å². The predicted molar refractivity (Wildman–Crippen MR) is 80.6 cm³/mol. The molecule has 0 radical (unpaired) electrons. The van der Waals surface area contributed by atoms with E-state index in [1.54, 1.807) is 18.7 Å². The van der Waals surface area contributed by atoms with Crippen molar-refractivity contribution in [1.29, 1.82) is 0 Å². The molecule has 0 aliphatic rings. The molecule has 0 fully saturated rings. The molecule has 0 unspecified atom stereocenters. The normalized spacial score (nSPS) is 11.9. The number of pyridine rings is 1. The van der Waals surface area contributed by atoms with Crippen molar-refractivity contribution in [3.63, 3.8) is 0 Å². The van der Waals surface area contributed by atoms with Crippen molar-refractivity contribution in [2.75, 3.05) is 6.54 Å². The fraction of sp³-hybridized carbons (Fsp3) is 0.375. The van der Waals surface area contributed by atoms with Crippen LogP contribution < -0.4 is 5.32 Å². The third-order valence-corrected chi connectivity index (χ3v) is 3.45. The summed E-state index contributed by atoms with van der Waals surface area (Å²) in [5.74, 6) is 0.747. The standard InChI is InChI=1S/C16H21N3O2/c1-3-15(13-7-9-17-10-8-13)19(4-2)16(20)18-12-14-6-5-11-21-14/h5-11,15H,3-4,12H2,1-2H3,(H,18,20)/t15-/m1/s1. The number of rotatable bonds is 6. The smallest absolute Gasteiger partial charge is 0.318 e. The summed E-state index contributed by atoms with van der Waals surface area (Å²) in [6, 6.07) is 7.53. The molecule has 0 bridgehead atoms. The van der Waals surface area contributed by atoms with Gasteiger partial charge in [-0.05, 0) is 43.2 Å². The van der Waals surface area contributed by atoms with Crippen molar-refractivity contribution >= 4 is 6.03 Å². The summed E-state index contributed by atoms with van der Waals surface area (Å²) in [6.45, 7) is 5.10. The first-order valence-corrected chi connectivity index (χ1v) is 7.23. The van der Waals surface area contributed by atoms with Gasteiger partial charge >= 0.3 is 6.03 Å². The van der Waals surface area contributed by atoms with Crippen molar-refractivity contribution in [2.24, 2.45) is 0 Å². The molecule has 112 valence electrons. The molecule has 2 heterocycles. The van der Waals surface area contributed by atoms with Crippen LogP contribution in [0.3, 0.4) is 0 Å². The lowest BCUT2D eigenvalue weighted by Gasteiger charge is -2.30. The molecular formula is C16H21N3O2. The molecule has 2 aromatic rings. The van der Waals surface area contributed by atoms with Crippen LogP contribution in [-0.2, 0) is 6.54 Å². The fourth-order valence-electron chi connectivity index (χ4n) is 2.40. The summed E-state index contributed by atoms with van der Waals surface area (Å²) in [6.07, 6.45) is 5.97. The molecule has 0 spiro atoms. The second kappa shape index (κ2) is 7.47. The molecular weight excluding hydrogens is 266 g/mol. The first-order chi connectivity index (χ1) is 10.3. The minimum absolute atomic E-state index is 0.0506. The van der Waals surface area contributed by atoms with E-state index in [2.05, 4.69) is 17.2 Å². The van der Waals surface area contributed by atoms with Crippen LogP contribution in [0.1, 0.15) is 37.6 Å². The van der Waals surface area contributed by atoms with E-state index in [9.17, 15) is 4.79 Å². The maximum Gasteiger partial charge on any atom is 0.318 e. The minimum Gasteiger partial charge on any atom is -0.467 e. The Bertz CT molecular complexity index is 540. The number of aromatic nitrogens is 1. The first-order valence-electron chi connectivity index (χ1n) is 7.23. The third-order valence-electron chi connectivity index (χ3n) is 3.45. The van der Waals surface area contributed by atoms with Gasteiger partial charge in [0.05, 0.1) is 18.8 Å². The van der Waals surface area contributed by atoms with Gasteiger partial charge in [0.25, 0.3) is 0 Å². The molecule has 5 nitrogen and oxygen atoms in total. The summed E-state index contributed by atoms with van der Waals surface area (Å²) >= 11 is 0. The van der Waals surface area contributed by atoms with Crippen molar-refractivity contribution in [3.8, 4) is 0 Å². The van der Waals surface area contributed by atoms with Crippen LogP contribution in [0.15, 0.2) is 47.3 Å². The highest BCUT2D eigenvalue weighted by Crippen LogP contribution is 2.23. The summed E-state index contributed by atoms with van der Waals surface area (Å²) in [5, 5.41) is 2.90. The van der Waals surface area contributed by atoms with Crippen LogP contribution in [0.5, 0.6) is 0 Å². The Balaban J connectivity index is 2.04. The molecule has 2 amide bonds. The van der Waals surface area contributed by atoms with E-state index in [0.717, 1.165) is 17.7 Å². The van der Waals surface area contributed by atoms with E-state index in [4.69, 9.17) is 4.42 Å². The van der Waals surface area contributed by atoms with Gasteiger partial charge in [-0.15, -0.1) is 0 Å². The summed E-state index contributed by atoms with van der Waals surface area (Å²) in [5.41, 5.74) is 1.10. The lowest BCUT2D eigenvalue weighted by molar-refractivity contribution is 0.175. The average molecular weight is 287 g/mol. The number of hydrogen-bond acceptors (Lipinski definition) is 3. The van der Waals surface area contributed by atoms with E-state index in [1.165, 1.54) is 0 Å². The first kappa shape index (κ1) is 15.1. The number of carbonyl (C=O) groups is 1. The quantitative estimate of drug-likeness (QED) is 0.886. The number of urea groups is 1. The van der Waals surface area contributed by atoms with E-state index in [-0.39, 0.29) is 12.1 Å². The van der Waals surface area contributed by atoms with Crippen LogP contribution in [0, 0.1) is 0 Å². The largest absolute Gasteiger partial charge is 0.467 e. The molecule has 2 aromatic heterocycles. The van der Waals surface area contributed by atoms with Crippen molar-refractivity contribution < 1.29 is 9.21 Å². The lowest BCUT2D eigenvalue weighted by Crippen LogP contribution is -2.41. The van der Waals surface area contributed by atoms with Crippen LogP contribution in [0.25, 0.3) is 0 Å². The third kappa shape index (κ3) is 3.84. The molecule has 1 atom stereocenters.